The van der Waals surface area contributed by atoms with Crippen LogP contribution in [-0.2, 0) is 11.0 Å². The minimum Gasteiger partial charge on any atom is -0.370 e. The molecule has 1 aromatic rings. The summed E-state index contributed by atoms with van der Waals surface area (Å²) in [5.41, 5.74) is 4.68. The van der Waals surface area contributed by atoms with Gasteiger partial charge >= 0.3 is 6.18 Å². The van der Waals surface area contributed by atoms with E-state index in [4.69, 9.17) is 5.73 Å². The van der Waals surface area contributed by atoms with Crippen LogP contribution in [0.1, 0.15) is 23.6 Å². The highest BCUT2D eigenvalue weighted by atomic mass is 19.4. The number of nitrogens with two attached hydrogens (primary N) is 1. The van der Waals surface area contributed by atoms with Crippen LogP contribution in [0.25, 0.3) is 0 Å². The van der Waals surface area contributed by atoms with Crippen LogP contribution in [0.5, 0.6) is 0 Å². The Hall–Kier alpha value is -1.56. The molecule has 1 unspecified atom stereocenters. The maximum atomic E-state index is 12.5. The molecule has 0 aliphatic rings. The van der Waals surface area contributed by atoms with Crippen molar-refractivity contribution in [3.8, 4) is 0 Å². The molecule has 0 radical (unpaired) electrons. The van der Waals surface area contributed by atoms with Crippen LogP contribution in [-0.4, -0.2) is 13.0 Å². The molecule has 1 amide bonds. The highest BCUT2D eigenvalue weighted by Gasteiger charge is 2.30. The third kappa shape index (κ3) is 3.74. The van der Waals surface area contributed by atoms with E-state index in [1.54, 1.807) is 7.05 Å². The molecule has 1 aromatic carbocycles. The van der Waals surface area contributed by atoms with Crippen molar-refractivity contribution in [2.24, 2.45) is 5.73 Å². The number of benzene rings is 1. The van der Waals surface area contributed by atoms with Crippen molar-refractivity contribution in [3.05, 3.63) is 35.4 Å². The molecular formula is C11H13F3N2O. The summed E-state index contributed by atoms with van der Waals surface area (Å²) in [5.74, 6) is -0.568. The van der Waals surface area contributed by atoms with E-state index in [0.717, 1.165) is 12.1 Å². The van der Waals surface area contributed by atoms with E-state index >= 15 is 0 Å². The molecule has 0 saturated carbocycles. The number of halogens is 3. The minimum absolute atomic E-state index is 0.0438. The number of hydrogen-bond donors (Lipinski definition) is 2. The Morgan fingerprint density at radius 1 is 1.47 bits per heavy atom. The maximum absolute atomic E-state index is 12.5. The van der Waals surface area contributed by atoms with E-state index in [1.807, 2.05) is 0 Å². The number of primary amides is 1. The number of hydrogen-bond acceptors (Lipinski definition) is 2. The van der Waals surface area contributed by atoms with Crippen LogP contribution in [0.15, 0.2) is 24.3 Å². The number of nitrogens with one attached hydrogen (secondary N) is 1. The minimum atomic E-state index is -4.39. The number of alkyl halides is 3. The lowest BCUT2D eigenvalue weighted by Crippen LogP contribution is -2.24. The Balaban J connectivity index is 3.01. The molecule has 17 heavy (non-hydrogen) atoms. The second kappa shape index (κ2) is 5.18. The standard InChI is InChI=1S/C11H13F3N2O/c1-16-9(6-10(15)17)7-3-2-4-8(5-7)11(12,13)14/h2-5,9,16H,6H2,1H3,(H2,15,17). The fraction of sp³-hybridized carbons (Fsp3) is 0.364. The topological polar surface area (TPSA) is 55.1 Å². The van der Waals surface area contributed by atoms with E-state index in [2.05, 4.69) is 5.32 Å². The van der Waals surface area contributed by atoms with Crippen molar-refractivity contribution >= 4 is 5.91 Å². The zero-order chi connectivity index (χ0) is 13.1. The lowest BCUT2D eigenvalue weighted by molar-refractivity contribution is -0.137. The van der Waals surface area contributed by atoms with Crippen molar-refractivity contribution in [1.82, 2.24) is 5.32 Å². The molecule has 1 atom stereocenters. The van der Waals surface area contributed by atoms with Gasteiger partial charge in [-0.1, -0.05) is 12.1 Å². The Morgan fingerprint density at radius 3 is 2.59 bits per heavy atom. The highest BCUT2D eigenvalue weighted by molar-refractivity contribution is 5.74. The van der Waals surface area contributed by atoms with E-state index in [9.17, 15) is 18.0 Å². The molecular weight excluding hydrogens is 233 g/mol. The highest BCUT2D eigenvalue weighted by Crippen LogP contribution is 2.31. The lowest BCUT2D eigenvalue weighted by Gasteiger charge is -2.16. The molecule has 0 bridgehead atoms. The van der Waals surface area contributed by atoms with Crippen molar-refractivity contribution in [3.63, 3.8) is 0 Å². The summed E-state index contributed by atoms with van der Waals surface area (Å²) in [6.45, 7) is 0. The van der Waals surface area contributed by atoms with Crippen LogP contribution in [0.3, 0.4) is 0 Å². The lowest BCUT2D eigenvalue weighted by atomic mass is 10.0. The quantitative estimate of drug-likeness (QED) is 0.851. The van der Waals surface area contributed by atoms with Crippen molar-refractivity contribution in [1.29, 1.82) is 0 Å². The average Bonchev–Trinajstić information content (AvgIpc) is 2.24. The van der Waals surface area contributed by atoms with Gasteiger partial charge in [-0.15, -0.1) is 0 Å². The Kier molecular flexibility index (Phi) is 4.11. The van der Waals surface area contributed by atoms with E-state index in [-0.39, 0.29) is 6.42 Å². The molecule has 3 nitrogen and oxygen atoms in total. The first kappa shape index (κ1) is 13.5. The third-order valence-corrected chi connectivity index (χ3v) is 2.37. The summed E-state index contributed by atoms with van der Waals surface area (Å²) in [4.78, 5) is 10.8. The van der Waals surface area contributed by atoms with Gasteiger partial charge in [-0.25, -0.2) is 0 Å². The third-order valence-electron chi connectivity index (χ3n) is 2.37. The van der Waals surface area contributed by atoms with E-state index in [0.29, 0.717) is 5.56 Å². The summed E-state index contributed by atoms with van der Waals surface area (Å²) in [5, 5.41) is 2.76. The van der Waals surface area contributed by atoms with Crippen LogP contribution in [0.4, 0.5) is 13.2 Å². The summed E-state index contributed by atoms with van der Waals surface area (Å²) in [6, 6.07) is 4.34. The molecule has 0 aromatic heterocycles. The predicted octanol–water partition coefficient (Wildman–Crippen LogP) is 1.84. The van der Waals surface area contributed by atoms with Gasteiger partial charge in [-0.3, -0.25) is 4.79 Å². The normalized spacial score (nSPS) is 13.4. The van der Waals surface area contributed by atoms with Crippen LogP contribution < -0.4 is 11.1 Å². The molecule has 6 heteroatoms. The van der Waals surface area contributed by atoms with Gasteiger partial charge in [0.05, 0.1) is 5.56 Å². The van der Waals surface area contributed by atoms with Gasteiger partial charge in [-0.2, -0.15) is 13.2 Å². The first-order valence-corrected chi connectivity index (χ1v) is 4.97. The summed E-state index contributed by atoms with van der Waals surface area (Å²) >= 11 is 0. The van der Waals surface area contributed by atoms with Crippen molar-refractivity contribution in [2.75, 3.05) is 7.05 Å². The molecule has 0 spiro atoms. The summed E-state index contributed by atoms with van der Waals surface area (Å²) in [6.07, 6.45) is -4.43. The monoisotopic (exact) mass is 246 g/mol. The smallest absolute Gasteiger partial charge is 0.370 e. The average molecular weight is 246 g/mol. The maximum Gasteiger partial charge on any atom is 0.416 e. The molecule has 0 fully saturated rings. The molecule has 3 N–H and O–H groups in total. The van der Waals surface area contributed by atoms with E-state index < -0.39 is 23.7 Å². The first-order chi connectivity index (χ1) is 7.84. The van der Waals surface area contributed by atoms with E-state index in [1.165, 1.54) is 12.1 Å². The zero-order valence-corrected chi connectivity index (χ0v) is 9.21. The Bertz CT molecular complexity index is 404. The van der Waals surface area contributed by atoms with Gasteiger partial charge in [0.2, 0.25) is 5.91 Å². The summed E-state index contributed by atoms with van der Waals surface area (Å²) < 4.78 is 37.5. The molecule has 0 heterocycles. The number of carbonyl (C=O) groups excluding carboxylic acids is 1. The molecule has 1 rings (SSSR count). The first-order valence-electron chi connectivity index (χ1n) is 4.97. The Morgan fingerprint density at radius 2 is 2.12 bits per heavy atom. The molecule has 0 aliphatic carbocycles. The zero-order valence-electron chi connectivity index (χ0n) is 9.21. The van der Waals surface area contributed by atoms with Gasteiger partial charge in [0, 0.05) is 12.5 Å². The van der Waals surface area contributed by atoms with Gasteiger partial charge in [0.25, 0.3) is 0 Å². The van der Waals surface area contributed by atoms with Gasteiger partial charge in [0.1, 0.15) is 0 Å². The second-order valence-corrected chi connectivity index (χ2v) is 3.63. The van der Waals surface area contributed by atoms with Crippen LogP contribution in [0.2, 0.25) is 0 Å². The number of carbonyl (C=O) groups is 1. The van der Waals surface area contributed by atoms with Crippen molar-refractivity contribution in [2.45, 2.75) is 18.6 Å². The largest absolute Gasteiger partial charge is 0.416 e. The fourth-order valence-corrected chi connectivity index (χ4v) is 1.52. The van der Waals surface area contributed by atoms with Crippen LogP contribution >= 0.6 is 0 Å². The molecule has 94 valence electrons. The number of rotatable bonds is 4. The molecule has 0 aliphatic heterocycles. The number of amides is 1. The van der Waals surface area contributed by atoms with Gasteiger partial charge in [0.15, 0.2) is 0 Å². The second-order valence-electron chi connectivity index (χ2n) is 3.63. The van der Waals surface area contributed by atoms with Crippen molar-refractivity contribution < 1.29 is 18.0 Å². The van der Waals surface area contributed by atoms with Gasteiger partial charge < -0.3 is 11.1 Å². The molecule has 0 saturated heterocycles. The summed E-state index contributed by atoms with van der Waals surface area (Å²) in [7, 11) is 1.56. The predicted molar refractivity (Wildman–Crippen MR) is 57.1 cm³/mol. The SMILES string of the molecule is CNC(CC(N)=O)c1cccc(C(F)(F)F)c1. The fourth-order valence-electron chi connectivity index (χ4n) is 1.52. The van der Waals surface area contributed by atoms with Gasteiger partial charge in [-0.05, 0) is 24.7 Å². The van der Waals surface area contributed by atoms with Crippen LogP contribution in [0, 0.1) is 0 Å². The Labute approximate surface area is 96.8 Å².